The molecule has 1 aromatic carbocycles. The standard InChI is InChI=1S/C19H26N2/c1-3-14-7-4-5-9-17(14)19(20-2)16-10-11-18-15(13-16)8-6-12-21-18/h6,8,10-14,17,19-20H,3-5,7,9H2,1-2H3. The van der Waals surface area contributed by atoms with E-state index in [9.17, 15) is 0 Å². The van der Waals surface area contributed by atoms with Crippen LogP contribution in [0, 0.1) is 11.8 Å². The lowest BCUT2D eigenvalue weighted by atomic mass is 9.72. The predicted octanol–water partition coefficient (Wildman–Crippen LogP) is 4.71. The maximum absolute atomic E-state index is 4.43. The number of pyridine rings is 1. The van der Waals surface area contributed by atoms with Crippen molar-refractivity contribution in [3.05, 3.63) is 42.1 Å². The molecule has 1 N–H and O–H groups in total. The third-order valence-corrected chi connectivity index (χ3v) is 5.22. The number of nitrogens with one attached hydrogen (secondary N) is 1. The fourth-order valence-electron chi connectivity index (χ4n) is 4.10. The summed E-state index contributed by atoms with van der Waals surface area (Å²) in [4.78, 5) is 4.43. The van der Waals surface area contributed by atoms with Gasteiger partial charge in [-0.15, -0.1) is 0 Å². The van der Waals surface area contributed by atoms with Crippen molar-refractivity contribution in [2.75, 3.05) is 7.05 Å². The highest BCUT2D eigenvalue weighted by Crippen LogP contribution is 2.40. The highest BCUT2D eigenvalue weighted by atomic mass is 14.9. The van der Waals surface area contributed by atoms with Crippen molar-refractivity contribution in [3.63, 3.8) is 0 Å². The number of fused-ring (bicyclic) bond motifs is 1. The average Bonchev–Trinajstić information content (AvgIpc) is 2.56. The van der Waals surface area contributed by atoms with Gasteiger partial charge in [-0.25, -0.2) is 0 Å². The molecule has 0 bridgehead atoms. The Hall–Kier alpha value is -1.41. The Bertz CT molecular complexity index is 593. The third-order valence-electron chi connectivity index (χ3n) is 5.22. The molecule has 3 unspecified atom stereocenters. The number of rotatable bonds is 4. The van der Waals surface area contributed by atoms with E-state index in [-0.39, 0.29) is 0 Å². The van der Waals surface area contributed by atoms with E-state index in [4.69, 9.17) is 0 Å². The second kappa shape index (κ2) is 6.57. The van der Waals surface area contributed by atoms with Gasteiger partial charge in [-0.1, -0.05) is 44.7 Å². The second-order valence-electron chi connectivity index (χ2n) is 6.34. The van der Waals surface area contributed by atoms with Crippen LogP contribution < -0.4 is 5.32 Å². The Morgan fingerprint density at radius 1 is 1.24 bits per heavy atom. The van der Waals surface area contributed by atoms with Gasteiger partial charge < -0.3 is 5.32 Å². The molecule has 3 atom stereocenters. The van der Waals surface area contributed by atoms with Crippen molar-refractivity contribution in [3.8, 4) is 0 Å². The minimum absolute atomic E-state index is 0.472. The maximum atomic E-state index is 4.43. The molecule has 1 heterocycles. The van der Waals surface area contributed by atoms with Crippen LogP contribution in [-0.2, 0) is 0 Å². The number of hydrogen-bond donors (Lipinski definition) is 1. The predicted molar refractivity (Wildman–Crippen MR) is 89.3 cm³/mol. The first-order chi connectivity index (χ1) is 10.3. The molecule has 3 rings (SSSR count). The van der Waals surface area contributed by atoms with E-state index in [0.29, 0.717) is 6.04 Å². The van der Waals surface area contributed by atoms with Crippen molar-refractivity contribution in [2.45, 2.75) is 45.1 Å². The summed E-state index contributed by atoms with van der Waals surface area (Å²) in [5, 5.41) is 4.85. The molecular formula is C19H26N2. The van der Waals surface area contributed by atoms with Gasteiger partial charge in [-0.05, 0) is 49.1 Å². The summed E-state index contributed by atoms with van der Waals surface area (Å²) in [7, 11) is 2.11. The molecule has 0 saturated heterocycles. The molecule has 112 valence electrons. The van der Waals surface area contributed by atoms with Crippen LogP contribution in [0.5, 0.6) is 0 Å². The molecular weight excluding hydrogens is 256 g/mol. The zero-order chi connectivity index (χ0) is 14.7. The smallest absolute Gasteiger partial charge is 0.0702 e. The highest BCUT2D eigenvalue weighted by molar-refractivity contribution is 5.79. The van der Waals surface area contributed by atoms with E-state index in [1.54, 1.807) is 0 Å². The normalized spacial score (nSPS) is 24.1. The van der Waals surface area contributed by atoms with E-state index < -0.39 is 0 Å². The molecule has 21 heavy (non-hydrogen) atoms. The van der Waals surface area contributed by atoms with Crippen molar-refractivity contribution in [1.82, 2.24) is 10.3 Å². The molecule has 0 radical (unpaired) electrons. The minimum atomic E-state index is 0.472. The molecule has 2 heteroatoms. The lowest BCUT2D eigenvalue weighted by Gasteiger charge is -2.37. The van der Waals surface area contributed by atoms with E-state index in [0.717, 1.165) is 17.4 Å². The lowest BCUT2D eigenvalue weighted by molar-refractivity contribution is 0.180. The molecule has 2 nitrogen and oxygen atoms in total. The monoisotopic (exact) mass is 282 g/mol. The fourth-order valence-corrected chi connectivity index (χ4v) is 4.10. The number of nitrogens with zero attached hydrogens (tertiary/aromatic N) is 1. The molecule has 1 aromatic heterocycles. The van der Waals surface area contributed by atoms with Gasteiger partial charge in [0.15, 0.2) is 0 Å². The van der Waals surface area contributed by atoms with Gasteiger partial charge in [0.25, 0.3) is 0 Å². The maximum Gasteiger partial charge on any atom is 0.0702 e. The van der Waals surface area contributed by atoms with Crippen LogP contribution in [0.25, 0.3) is 10.9 Å². The van der Waals surface area contributed by atoms with Crippen molar-refractivity contribution < 1.29 is 0 Å². The largest absolute Gasteiger partial charge is 0.313 e. The van der Waals surface area contributed by atoms with Crippen molar-refractivity contribution in [2.24, 2.45) is 11.8 Å². The van der Waals surface area contributed by atoms with E-state index in [1.807, 2.05) is 12.3 Å². The molecule has 1 aliphatic carbocycles. The summed E-state index contributed by atoms with van der Waals surface area (Å²) in [6, 6.07) is 11.4. The first-order valence-electron chi connectivity index (χ1n) is 8.35. The average molecular weight is 282 g/mol. The summed E-state index contributed by atoms with van der Waals surface area (Å²) < 4.78 is 0. The highest BCUT2D eigenvalue weighted by Gasteiger charge is 2.30. The molecule has 0 spiro atoms. The quantitative estimate of drug-likeness (QED) is 0.878. The zero-order valence-corrected chi connectivity index (χ0v) is 13.2. The Balaban J connectivity index is 1.93. The first kappa shape index (κ1) is 14.5. The molecule has 0 aliphatic heterocycles. The summed E-state index contributed by atoms with van der Waals surface area (Å²) in [5.41, 5.74) is 2.51. The number of aromatic nitrogens is 1. The summed E-state index contributed by atoms with van der Waals surface area (Å²) >= 11 is 0. The molecule has 2 aromatic rings. The van der Waals surface area contributed by atoms with E-state index in [2.05, 4.69) is 48.5 Å². The minimum Gasteiger partial charge on any atom is -0.313 e. The van der Waals surface area contributed by atoms with Gasteiger partial charge in [-0.3, -0.25) is 4.98 Å². The fraction of sp³-hybridized carbons (Fsp3) is 0.526. The van der Waals surface area contributed by atoms with Gasteiger partial charge in [0.1, 0.15) is 0 Å². The van der Waals surface area contributed by atoms with Crippen LogP contribution >= 0.6 is 0 Å². The van der Waals surface area contributed by atoms with Crippen LogP contribution in [-0.4, -0.2) is 12.0 Å². The zero-order valence-electron chi connectivity index (χ0n) is 13.2. The van der Waals surface area contributed by atoms with Gasteiger partial charge in [0, 0.05) is 17.6 Å². The van der Waals surface area contributed by atoms with Gasteiger partial charge in [0.2, 0.25) is 0 Å². The SMILES string of the molecule is CCC1CCCCC1C(NC)c1ccc2ncccc2c1. The third kappa shape index (κ3) is 2.96. The molecule has 1 aliphatic rings. The number of hydrogen-bond acceptors (Lipinski definition) is 2. The Morgan fingerprint density at radius 3 is 2.90 bits per heavy atom. The molecule has 1 fully saturated rings. The Kier molecular flexibility index (Phi) is 4.54. The van der Waals surface area contributed by atoms with E-state index >= 15 is 0 Å². The van der Waals surface area contributed by atoms with Crippen LogP contribution in [0.2, 0.25) is 0 Å². The van der Waals surface area contributed by atoms with Crippen LogP contribution in [0.15, 0.2) is 36.5 Å². The van der Waals surface area contributed by atoms with Gasteiger partial charge in [-0.2, -0.15) is 0 Å². The van der Waals surface area contributed by atoms with Crippen LogP contribution in [0.4, 0.5) is 0 Å². The van der Waals surface area contributed by atoms with Gasteiger partial charge >= 0.3 is 0 Å². The first-order valence-corrected chi connectivity index (χ1v) is 8.35. The van der Waals surface area contributed by atoms with Crippen molar-refractivity contribution in [1.29, 1.82) is 0 Å². The topological polar surface area (TPSA) is 24.9 Å². The van der Waals surface area contributed by atoms with Gasteiger partial charge in [0.05, 0.1) is 5.52 Å². The van der Waals surface area contributed by atoms with Crippen LogP contribution in [0.3, 0.4) is 0 Å². The Labute approximate surface area is 128 Å². The lowest BCUT2D eigenvalue weighted by Crippen LogP contribution is -2.32. The summed E-state index contributed by atoms with van der Waals surface area (Å²) in [6.07, 6.45) is 8.72. The van der Waals surface area contributed by atoms with E-state index in [1.165, 1.54) is 43.1 Å². The molecule has 1 saturated carbocycles. The summed E-state index contributed by atoms with van der Waals surface area (Å²) in [5.74, 6) is 1.63. The van der Waals surface area contributed by atoms with Crippen LogP contribution in [0.1, 0.15) is 50.6 Å². The second-order valence-corrected chi connectivity index (χ2v) is 6.34. The summed E-state index contributed by atoms with van der Waals surface area (Å²) in [6.45, 7) is 2.35. The molecule has 0 amide bonds. The Morgan fingerprint density at radius 2 is 2.10 bits per heavy atom. The number of benzene rings is 1. The van der Waals surface area contributed by atoms with Crippen molar-refractivity contribution >= 4 is 10.9 Å².